The van der Waals surface area contributed by atoms with Crippen LogP contribution in [0.1, 0.15) is 0 Å². The second kappa shape index (κ2) is 80.3. The van der Waals surface area contributed by atoms with E-state index in [0.717, 1.165) is 25.9 Å². The van der Waals surface area contributed by atoms with Gasteiger partial charge in [-0.3, -0.25) is 8.42 Å². The first-order valence-electron chi connectivity index (χ1n) is 17.5. The summed E-state index contributed by atoms with van der Waals surface area (Å²) >= 11 is 6.69. The molecule has 0 bridgehead atoms. The van der Waals surface area contributed by atoms with Crippen LogP contribution in [0.4, 0.5) is 0 Å². The van der Waals surface area contributed by atoms with Gasteiger partial charge in [-0.05, 0) is 121 Å². The van der Waals surface area contributed by atoms with Crippen LogP contribution in [-0.4, -0.2) is 212 Å². The van der Waals surface area contributed by atoms with Crippen molar-refractivity contribution in [1.82, 2.24) is 0 Å². The summed E-state index contributed by atoms with van der Waals surface area (Å²) in [6.45, 7) is 46.5. The van der Waals surface area contributed by atoms with E-state index >= 15 is 0 Å². The molecular formula is C36H106B2NO5P4S7SiY4-. The van der Waals surface area contributed by atoms with Crippen LogP contribution in [0.3, 0.4) is 0 Å². The van der Waals surface area contributed by atoms with Gasteiger partial charge in [0.25, 0.3) is 0 Å². The molecule has 0 N–H and O–H groups in total. The van der Waals surface area contributed by atoms with Gasteiger partial charge in [0.15, 0.2) is 0 Å². The van der Waals surface area contributed by atoms with Crippen LogP contribution in [0.5, 0.6) is 0 Å². The van der Waals surface area contributed by atoms with E-state index in [1.807, 2.05) is 12.5 Å². The van der Waals surface area contributed by atoms with Crippen molar-refractivity contribution in [1.29, 1.82) is 0 Å². The second-order valence-electron chi connectivity index (χ2n) is 17.8. The zero-order valence-corrected chi connectivity index (χ0v) is 68.0. The Morgan fingerprint density at radius 1 is 0.733 bits per heavy atom. The zero-order chi connectivity index (χ0) is 50.2. The van der Waals surface area contributed by atoms with E-state index in [9.17, 15) is 21.4 Å². The van der Waals surface area contributed by atoms with Crippen LogP contribution in [0.25, 0.3) is 4.78 Å². The number of rotatable bonds is 0. The molecule has 0 heterocycles. The van der Waals surface area contributed by atoms with Crippen LogP contribution < -0.4 is 0 Å². The molecule has 0 aromatic carbocycles. The topological polar surface area (TPSA) is 108 Å². The molecule has 0 aromatic rings. The van der Waals surface area contributed by atoms with Crippen molar-refractivity contribution in [2.45, 2.75) is 60.6 Å². The van der Waals surface area contributed by atoms with Crippen molar-refractivity contribution < 1.29 is 152 Å². The van der Waals surface area contributed by atoms with Crippen molar-refractivity contribution in [3.05, 3.63) is 4.78 Å². The summed E-state index contributed by atoms with van der Waals surface area (Å²) in [6.07, 6.45) is 20.5. The summed E-state index contributed by atoms with van der Waals surface area (Å²) in [7, 11) is -6.99. The third-order valence-electron chi connectivity index (χ3n) is 0. The summed E-state index contributed by atoms with van der Waals surface area (Å²) in [5.41, 5.74) is 0. The van der Waals surface area contributed by atoms with Crippen molar-refractivity contribution in [3.8, 4) is 0 Å². The van der Waals surface area contributed by atoms with E-state index in [0.29, 0.717) is 18.4 Å². The normalized spacial score (nSPS) is 9.18. The molecule has 0 aromatic heterocycles. The molecule has 6 radical (unpaired) electrons. The first-order valence-corrected chi connectivity index (χ1v) is 46.6. The summed E-state index contributed by atoms with van der Waals surface area (Å²) in [5.74, 6) is 10.4. The van der Waals surface area contributed by atoms with E-state index in [2.05, 4.69) is 151 Å². The molecule has 370 valence electrons. The maximum atomic E-state index is 10.2. The van der Waals surface area contributed by atoms with E-state index in [4.69, 9.17) is 16.6 Å². The molecule has 0 amide bonds. The molecule has 0 rings (SSSR count). The van der Waals surface area contributed by atoms with Gasteiger partial charge in [-0.25, -0.2) is 28.9 Å². The Hall–Kier alpha value is 7.21. The van der Waals surface area contributed by atoms with Crippen LogP contribution in [0, 0.1) is 0 Å². The van der Waals surface area contributed by atoms with Crippen LogP contribution in [0.2, 0.25) is 60.6 Å². The first kappa shape index (κ1) is 117. The van der Waals surface area contributed by atoms with E-state index in [1.54, 1.807) is 69.3 Å². The Balaban J connectivity index is -0.0000000222. The average molecular weight is 1390 g/mol. The van der Waals surface area contributed by atoms with Gasteiger partial charge < -0.3 is 18.8 Å². The standard InChI is InChI=1S/2C3H9B.C3H8NS.C3H9OP.C3H8OS.C3H9PS.2C3H9P.C3H8S.C3H9Si.C2H6O2S.C2H6OS.C2H6S.4Y/c2*1-4(2)3;3*1-5(2,3)4;1-4(2,3)5;4*1-4(2)3;1-5(2,3)4;1-4(2)3;1-3-2;;;;/h2*1-3H3;1H2,2-3H3;1-3H3;1H2,2-3H3;1-3H3;2*1-3H3;1H2,2-3H3;1-3H3;1-2H3;1-2H3;1-2H3;;;;/q;2*-1;;;;;;;;;;;;;;/p+1. The molecule has 0 spiro atoms. The molecule has 0 atom stereocenters. The molecular weight excluding hydrogens is 1280 g/mol. The molecule has 0 aliphatic heterocycles. The molecule has 0 saturated heterocycles. The number of thioether (sulfide) groups is 1. The fourth-order valence-corrected chi connectivity index (χ4v) is 0. The fraction of sp³-hybridized carbons (Fsp3) is 0.917. The maximum Gasteiger partial charge on any atom is 0.144 e. The van der Waals surface area contributed by atoms with Crippen molar-refractivity contribution in [2.24, 2.45) is 0 Å². The summed E-state index contributed by atoms with van der Waals surface area (Å²) in [6, 6.07) is -0.806. The van der Waals surface area contributed by atoms with E-state index in [-0.39, 0.29) is 148 Å². The third-order valence-corrected chi connectivity index (χ3v) is 0. The second-order valence-corrected chi connectivity index (χ2v) is 49.7. The SMILES string of the molecule is C=S(C)(C)=O.C=S(C)(C)=[N-].C=S(C)C.CB(C)C.CP(C)(C)=O.CP(C)(C)=S.CP(C)C.CS(C)(=O)=O.CS(C)=O.CSC.C[B-](C)C.C[PH+](C)C.C[Si](C)C.[Y].[Y].[Y].[Y]. The minimum absolute atomic E-state index is 0. The maximum absolute atomic E-state index is 10.2. The number of sulfone groups is 1. The first-order chi connectivity index (χ1) is 23.5. The smallest absolute Gasteiger partial charge is 0.144 e. The molecule has 0 fully saturated rings. The predicted molar refractivity (Wildman–Crippen MR) is 322 cm³/mol. The van der Waals surface area contributed by atoms with Crippen LogP contribution in [0.15, 0.2) is 0 Å². The van der Waals surface area contributed by atoms with Gasteiger partial charge in [-0.2, -0.15) is 22.2 Å². The molecule has 0 saturated carbocycles. The van der Waals surface area contributed by atoms with Gasteiger partial charge in [0.05, 0.1) is 7.14 Å². The van der Waals surface area contributed by atoms with Gasteiger partial charge in [0.1, 0.15) is 16.6 Å². The van der Waals surface area contributed by atoms with Crippen LogP contribution in [-0.2, 0) is 187 Å². The van der Waals surface area contributed by atoms with Gasteiger partial charge in [0.2, 0.25) is 0 Å². The summed E-state index contributed by atoms with van der Waals surface area (Å²) < 4.78 is 57.6. The quantitative estimate of drug-likeness (QED) is 0.135. The molecule has 24 heteroatoms. The molecule has 0 unspecified atom stereocenters. The zero-order valence-electron chi connectivity index (χ0n) is 46.3. The number of nitrogens with zero attached hydrogens (tertiary/aromatic N) is 1. The largest absolute Gasteiger partial charge is 0.784 e. The van der Waals surface area contributed by atoms with Crippen molar-refractivity contribution in [2.75, 3.05) is 155 Å². The summed E-state index contributed by atoms with van der Waals surface area (Å²) in [4.78, 5) is 0. The van der Waals surface area contributed by atoms with Gasteiger partial charge >= 0.3 is 0 Å². The minimum Gasteiger partial charge on any atom is -0.784 e. The molecule has 0 aliphatic rings. The monoisotopic (exact) mass is 1390 g/mol. The Bertz CT molecular complexity index is 1010. The Morgan fingerprint density at radius 3 is 0.733 bits per heavy atom. The molecule has 6 nitrogen and oxygen atoms in total. The average Bonchev–Trinajstić information content (AvgIpc) is 2.64. The van der Waals surface area contributed by atoms with E-state index in [1.165, 1.54) is 0 Å². The van der Waals surface area contributed by atoms with Gasteiger partial charge in [0, 0.05) is 208 Å². The van der Waals surface area contributed by atoms with Crippen molar-refractivity contribution >= 4 is 142 Å². The van der Waals surface area contributed by atoms with E-state index < -0.39 is 52.8 Å². The van der Waals surface area contributed by atoms with Crippen molar-refractivity contribution in [3.63, 3.8) is 0 Å². The van der Waals surface area contributed by atoms with Crippen LogP contribution >= 0.6 is 51.3 Å². The molecule has 0 aliphatic carbocycles. The van der Waals surface area contributed by atoms with Gasteiger partial charge in [-0.15, -0.1) is 14.6 Å². The number of hydrogen-bond acceptors (Lipinski definition) is 7. The Morgan fingerprint density at radius 2 is 0.733 bits per heavy atom. The molecule has 60 heavy (non-hydrogen) atoms. The Labute approximate surface area is 506 Å². The third kappa shape index (κ3) is 5170. The summed E-state index contributed by atoms with van der Waals surface area (Å²) in [5, 5.41) is 0. The predicted octanol–water partition coefficient (Wildman–Crippen LogP) is 11.3. The fourth-order valence-electron chi connectivity index (χ4n) is 0. The minimum atomic E-state index is -2.67. The van der Waals surface area contributed by atoms with Gasteiger partial charge in [-0.1, -0.05) is 69.7 Å². The number of hydrogen-bond donors (Lipinski definition) is 0. The Kier molecular flexibility index (Phi) is 156.